The average Bonchev–Trinajstić information content (AvgIpc) is 2.49. The van der Waals surface area contributed by atoms with Crippen molar-refractivity contribution in [1.82, 2.24) is 0 Å². The third-order valence-corrected chi connectivity index (χ3v) is 2.44. The molecule has 2 aromatic carbocycles. The van der Waals surface area contributed by atoms with Crippen molar-refractivity contribution in [2.45, 2.75) is 6.92 Å². The van der Waals surface area contributed by atoms with Crippen LogP contribution in [0.4, 0.5) is 0 Å². The molecule has 0 fully saturated rings. The summed E-state index contributed by atoms with van der Waals surface area (Å²) < 4.78 is 5.12. The lowest BCUT2D eigenvalue weighted by molar-refractivity contribution is 0.0683. The van der Waals surface area contributed by atoms with Gasteiger partial charge in [0, 0.05) is 0 Å². The second kappa shape index (κ2) is 8.37. The summed E-state index contributed by atoms with van der Waals surface area (Å²) in [5, 5.41) is 17.1. The summed E-state index contributed by atoms with van der Waals surface area (Å²) in [7, 11) is 0. The van der Waals surface area contributed by atoms with Crippen molar-refractivity contribution in [3.8, 4) is 5.75 Å². The Morgan fingerprint density at radius 3 is 1.95 bits per heavy atom. The molecular formula is C16H16O5. The molecule has 0 aliphatic carbocycles. The molecule has 0 spiro atoms. The molecular weight excluding hydrogens is 272 g/mol. The van der Waals surface area contributed by atoms with Crippen molar-refractivity contribution in [3.05, 3.63) is 65.7 Å². The number of para-hydroxylation sites is 1. The molecule has 21 heavy (non-hydrogen) atoms. The second-order valence-electron chi connectivity index (χ2n) is 3.91. The van der Waals surface area contributed by atoms with Crippen molar-refractivity contribution in [2.24, 2.45) is 0 Å². The maximum atomic E-state index is 10.6. The van der Waals surface area contributed by atoms with E-state index in [0.29, 0.717) is 17.9 Å². The van der Waals surface area contributed by atoms with E-state index in [1.165, 1.54) is 6.07 Å². The highest BCUT2D eigenvalue weighted by atomic mass is 16.5. The van der Waals surface area contributed by atoms with Crippen LogP contribution in [0.5, 0.6) is 5.75 Å². The van der Waals surface area contributed by atoms with Crippen LogP contribution in [-0.4, -0.2) is 28.8 Å². The normalized spacial score (nSPS) is 9.19. The summed E-state index contributed by atoms with van der Waals surface area (Å²) in [4.78, 5) is 20.8. The predicted octanol–water partition coefficient (Wildman–Crippen LogP) is 3.17. The summed E-state index contributed by atoms with van der Waals surface area (Å²) in [6, 6.07) is 14.9. The molecule has 2 N–H and O–H groups in total. The molecule has 0 atom stereocenters. The van der Waals surface area contributed by atoms with E-state index in [1.807, 2.05) is 6.92 Å². The van der Waals surface area contributed by atoms with Crippen LogP contribution in [0.15, 0.2) is 54.6 Å². The molecule has 0 amide bonds. The van der Waals surface area contributed by atoms with E-state index in [-0.39, 0.29) is 5.56 Å². The molecule has 0 radical (unpaired) electrons. The van der Waals surface area contributed by atoms with Crippen molar-refractivity contribution in [3.63, 3.8) is 0 Å². The van der Waals surface area contributed by atoms with Gasteiger partial charge in [0.05, 0.1) is 12.2 Å². The van der Waals surface area contributed by atoms with Crippen LogP contribution in [0.3, 0.4) is 0 Å². The Morgan fingerprint density at radius 1 is 0.905 bits per heavy atom. The predicted molar refractivity (Wildman–Crippen MR) is 78.0 cm³/mol. The van der Waals surface area contributed by atoms with Crippen LogP contribution < -0.4 is 4.74 Å². The fourth-order valence-electron chi connectivity index (χ4n) is 1.51. The van der Waals surface area contributed by atoms with E-state index in [2.05, 4.69) is 0 Å². The molecule has 0 aliphatic heterocycles. The van der Waals surface area contributed by atoms with Gasteiger partial charge < -0.3 is 14.9 Å². The fraction of sp³-hybridized carbons (Fsp3) is 0.125. The molecule has 2 aromatic rings. The summed E-state index contributed by atoms with van der Waals surface area (Å²) in [5.74, 6) is -1.41. The minimum Gasteiger partial charge on any atom is -0.493 e. The Kier molecular flexibility index (Phi) is 6.47. The Hall–Kier alpha value is -2.82. The lowest BCUT2D eigenvalue weighted by Gasteiger charge is -2.05. The SMILES string of the molecule is CCOc1ccccc1C(=O)O.O=C(O)c1ccccc1. The number of hydrogen-bond donors (Lipinski definition) is 2. The zero-order chi connectivity index (χ0) is 15.7. The van der Waals surface area contributed by atoms with Gasteiger partial charge in [-0.25, -0.2) is 9.59 Å². The Balaban J connectivity index is 0.000000219. The van der Waals surface area contributed by atoms with E-state index in [0.717, 1.165) is 0 Å². The van der Waals surface area contributed by atoms with Crippen molar-refractivity contribution in [2.75, 3.05) is 6.61 Å². The Morgan fingerprint density at radius 2 is 1.48 bits per heavy atom. The first kappa shape index (κ1) is 16.2. The quantitative estimate of drug-likeness (QED) is 0.902. The first-order chi connectivity index (χ1) is 10.1. The van der Waals surface area contributed by atoms with E-state index in [4.69, 9.17) is 14.9 Å². The molecule has 0 aliphatic rings. The van der Waals surface area contributed by atoms with Gasteiger partial charge in [-0.15, -0.1) is 0 Å². The Bertz CT molecular complexity index is 593. The molecule has 2 rings (SSSR count). The van der Waals surface area contributed by atoms with Gasteiger partial charge in [0.2, 0.25) is 0 Å². The standard InChI is InChI=1S/C9H10O3.C7H6O2/c1-2-12-8-6-4-3-5-7(8)9(10)11;8-7(9)6-4-2-1-3-5-6/h3-6H,2H2,1H3,(H,10,11);1-5H,(H,8,9). The first-order valence-electron chi connectivity index (χ1n) is 6.29. The summed E-state index contributed by atoms with van der Waals surface area (Å²) in [5.41, 5.74) is 0.539. The second-order valence-corrected chi connectivity index (χ2v) is 3.91. The van der Waals surface area contributed by atoms with Crippen LogP contribution in [0.25, 0.3) is 0 Å². The summed E-state index contributed by atoms with van der Waals surface area (Å²) in [6.45, 7) is 2.29. The van der Waals surface area contributed by atoms with Crippen molar-refractivity contribution in [1.29, 1.82) is 0 Å². The van der Waals surface area contributed by atoms with Gasteiger partial charge in [0.15, 0.2) is 0 Å². The van der Waals surface area contributed by atoms with E-state index < -0.39 is 11.9 Å². The number of carbonyl (C=O) groups is 2. The number of rotatable bonds is 4. The summed E-state index contributed by atoms with van der Waals surface area (Å²) >= 11 is 0. The maximum Gasteiger partial charge on any atom is 0.339 e. The maximum absolute atomic E-state index is 10.6. The fourth-order valence-corrected chi connectivity index (χ4v) is 1.51. The topological polar surface area (TPSA) is 83.8 Å². The van der Waals surface area contributed by atoms with Gasteiger partial charge in [-0.1, -0.05) is 30.3 Å². The van der Waals surface area contributed by atoms with E-state index >= 15 is 0 Å². The van der Waals surface area contributed by atoms with Gasteiger partial charge in [0.1, 0.15) is 11.3 Å². The van der Waals surface area contributed by atoms with Gasteiger partial charge in [0.25, 0.3) is 0 Å². The minimum atomic E-state index is -0.959. The van der Waals surface area contributed by atoms with E-state index in [9.17, 15) is 9.59 Å². The first-order valence-corrected chi connectivity index (χ1v) is 6.29. The van der Waals surface area contributed by atoms with Gasteiger partial charge >= 0.3 is 11.9 Å². The molecule has 0 aromatic heterocycles. The van der Waals surface area contributed by atoms with Crippen LogP contribution in [0.2, 0.25) is 0 Å². The minimum absolute atomic E-state index is 0.208. The number of carboxylic acids is 2. The lowest BCUT2D eigenvalue weighted by atomic mass is 10.2. The third kappa shape index (κ3) is 5.36. The van der Waals surface area contributed by atoms with Crippen LogP contribution in [0, 0.1) is 0 Å². The molecule has 5 nitrogen and oxygen atoms in total. The number of aromatic carboxylic acids is 2. The zero-order valence-corrected chi connectivity index (χ0v) is 11.5. The summed E-state index contributed by atoms with van der Waals surface area (Å²) in [6.07, 6.45) is 0. The molecule has 0 saturated heterocycles. The van der Waals surface area contributed by atoms with Crippen LogP contribution >= 0.6 is 0 Å². The molecule has 5 heteroatoms. The molecule has 0 unspecified atom stereocenters. The third-order valence-electron chi connectivity index (χ3n) is 2.44. The lowest BCUT2D eigenvalue weighted by Crippen LogP contribution is -2.01. The number of benzene rings is 2. The van der Waals surface area contributed by atoms with Crippen molar-refractivity contribution >= 4 is 11.9 Å². The van der Waals surface area contributed by atoms with Crippen LogP contribution in [0.1, 0.15) is 27.6 Å². The largest absolute Gasteiger partial charge is 0.493 e. The zero-order valence-electron chi connectivity index (χ0n) is 11.5. The highest BCUT2D eigenvalue weighted by molar-refractivity contribution is 5.90. The molecule has 0 heterocycles. The van der Waals surface area contributed by atoms with Crippen LogP contribution in [-0.2, 0) is 0 Å². The molecule has 110 valence electrons. The number of carboxylic acid groups (broad SMARTS) is 2. The molecule has 0 saturated carbocycles. The number of ether oxygens (including phenoxy) is 1. The smallest absolute Gasteiger partial charge is 0.339 e. The van der Waals surface area contributed by atoms with E-state index in [1.54, 1.807) is 48.5 Å². The Labute approximate surface area is 122 Å². The molecule has 0 bridgehead atoms. The highest BCUT2D eigenvalue weighted by Gasteiger charge is 2.08. The van der Waals surface area contributed by atoms with Gasteiger partial charge in [-0.2, -0.15) is 0 Å². The highest BCUT2D eigenvalue weighted by Crippen LogP contribution is 2.17. The monoisotopic (exact) mass is 288 g/mol. The average molecular weight is 288 g/mol. The van der Waals surface area contributed by atoms with Gasteiger partial charge in [-0.3, -0.25) is 0 Å². The number of hydrogen-bond acceptors (Lipinski definition) is 3. The van der Waals surface area contributed by atoms with Crippen molar-refractivity contribution < 1.29 is 24.5 Å². The van der Waals surface area contributed by atoms with Gasteiger partial charge in [-0.05, 0) is 31.2 Å².